The van der Waals surface area contributed by atoms with Crippen molar-refractivity contribution in [3.63, 3.8) is 0 Å². The van der Waals surface area contributed by atoms with Crippen LogP contribution in [-0.4, -0.2) is 43.0 Å². The molecule has 0 radical (unpaired) electrons. The first-order valence-electron chi connectivity index (χ1n) is 13.0. The van der Waals surface area contributed by atoms with E-state index < -0.39 is 17.5 Å². The standard InChI is InChI=1S/C32H31NO7S/c1-32(2,3)20-8-6-7-18(28(20)38)16-33-21-9-4-5-10-26(21)41-31-27-24(37)14-19(34)15-25(27)40-30(29(31)39)17-11-12-22(35)23(36)13-17/h4-16,29-31,34-39H,1-3H3/b33-16+/t29-,30+,31?/m0/s1. The number of para-hydroxylation sites is 2. The number of ether oxygens (including phenoxy) is 1. The molecule has 4 aromatic carbocycles. The molecule has 1 unspecified atom stereocenters. The van der Waals surface area contributed by atoms with Gasteiger partial charge in [-0.05, 0) is 46.9 Å². The number of nitrogens with zero attached hydrogens (tertiary/aromatic N) is 1. The van der Waals surface area contributed by atoms with E-state index in [9.17, 15) is 30.6 Å². The second-order valence-electron chi connectivity index (χ2n) is 10.9. The van der Waals surface area contributed by atoms with Crippen LogP contribution in [0, 0.1) is 0 Å². The third kappa shape index (κ3) is 5.64. The summed E-state index contributed by atoms with van der Waals surface area (Å²) in [6.45, 7) is 6.07. The number of benzene rings is 4. The average molecular weight is 574 g/mol. The van der Waals surface area contributed by atoms with Crippen molar-refractivity contribution in [1.82, 2.24) is 0 Å². The van der Waals surface area contributed by atoms with Crippen LogP contribution in [0.3, 0.4) is 0 Å². The van der Waals surface area contributed by atoms with Gasteiger partial charge in [-0.2, -0.15) is 0 Å². The van der Waals surface area contributed by atoms with E-state index in [1.54, 1.807) is 12.3 Å². The number of hydrogen-bond donors (Lipinski definition) is 6. The maximum absolute atomic E-state index is 11.6. The summed E-state index contributed by atoms with van der Waals surface area (Å²) in [6, 6.07) is 19.5. The van der Waals surface area contributed by atoms with Gasteiger partial charge in [-0.1, -0.05) is 51.1 Å². The van der Waals surface area contributed by atoms with E-state index in [1.807, 2.05) is 57.2 Å². The van der Waals surface area contributed by atoms with Crippen molar-refractivity contribution in [2.75, 3.05) is 0 Å². The van der Waals surface area contributed by atoms with Crippen molar-refractivity contribution in [2.45, 2.75) is 48.5 Å². The lowest BCUT2D eigenvalue weighted by atomic mass is 9.85. The zero-order valence-corrected chi connectivity index (χ0v) is 23.5. The van der Waals surface area contributed by atoms with Gasteiger partial charge >= 0.3 is 0 Å². The summed E-state index contributed by atoms with van der Waals surface area (Å²) in [4.78, 5) is 5.35. The van der Waals surface area contributed by atoms with Crippen LogP contribution in [0.1, 0.15) is 54.4 Å². The van der Waals surface area contributed by atoms with Crippen LogP contribution in [0.5, 0.6) is 34.5 Å². The Morgan fingerprint density at radius 1 is 0.829 bits per heavy atom. The summed E-state index contributed by atoms with van der Waals surface area (Å²) < 4.78 is 6.01. The molecule has 0 bridgehead atoms. The molecular weight excluding hydrogens is 542 g/mol. The van der Waals surface area contributed by atoms with Gasteiger partial charge < -0.3 is 35.4 Å². The smallest absolute Gasteiger partial charge is 0.157 e. The van der Waals surface area contributed by atoms with Gasteiger partial charge in [0.25, 0.3) is 0 Å². The van der Waals surface area contributed by atoms with Gasteiger partial charge in [0.05, 0.1) is 16.5 Å². The molecule has 1 aliphatic rings. The lowest BCUT2D eigenvalue weighted by Crippen LogP contribution is -2.33. The highest BCUT2D eigenvalue weighted by Crippen LogP contribution is 2.55. The highest BCUT2D eigenvalue weighted by atomic mass is 32.2. The van der Waals surface area contributed by atoms with Gasteiger partial charge in [0.1, 0.15) is 29.1 Å². The summed E-state index contributed by atoms with van der Waals surface area (Å²) >= 11 is 1.25. The zero-order chi connectivity index (χ0) is 29.5. The Balaban J connectivity index is 1.53. The lowest BCUT2D eigenvalue weighted by Gasteiger charge is -2.37. The van der Waals surface area contributed by atoms with Gasteiger partial charge in [0, 0.05) is 28.8 Å². The molecule has 3 atom stereocenters. The monoisotopic (exact) mass is 573 g/mol. The molecule has 0 saturated carbocycles. The molecule has 212 valence electrons. The van der Waals surface area contributed by atoms with Crippen molar-refractivity contribution >= 4 is 23.7 Å². The third-order valence-corrected chi connectivity index (χ3v) is 8.30. The molecule has 0 aromatic heterocycles. The molecule has 41 heavy (non-hydrogen) atoms. The molecular formula is C32H31NO7S. The molecule has 9 heteroatoms. The summed E-state index contributed by atoms with van der Waals surface area (Å²) in [5.41, 5.74) is 2.39. The van der Waals surface area contributed by atoms with Crippen LogP contribution < -0.4 is 4.74 Å². The molecule has 0 spiro atoms. The normalized spacial score (nSPS) is 18.7. The average Bonchev–Trinajstić information content (AvgIpc) is 2.91. The van der Waals surface area contributed by atoms with Crippen LogP contribution in [0.2, 0.25) is 0 Å². The number of aliphatic hydroxyl groups is 1. The number of rotatable bonds is 5. The van der Waals surface area contributed by atoms with Crippen molar-refractivity contribution in [3.05, 3.63) is 95.1 Å². The van der Waals surface area contributed by atoms with E-state index in [1.165, 1.54) is 42.1 Å². The second-order valence-corrected chi connectivity index (χ2v) is 12.1. The minimum absolute atomic E-state index is 0.160. The van der Waals surface area contributed by atoms with E-state index in [2.05, 4.69) is 4.99 Å². The number of thioether (sulfide) groups is 1. The Bertz CT molecular complexity index is 1630. The molecule has 0 amide bonds. The SMILES string of the molecule is CC(C)(C)c1cccc(/C=N/c2ccccc2SC2c3c(O)cc(O)cc3O[C@H](c3ccc(O)c(O)c3)[C@@H]2O)c1O. The first-order valence-corrected chi connectivity index (χ1v) is 13.9. The Morgan fingerprint density at radius 2 is 1.59 bits per heavy atom. The van der Waals surface area contributed by atoms with Crippen LogP contribution in [0.25, 0.3) is 0 Å². The number of phenolic OH excluding ortho intramolecular Hbond substituents is 5. The molecule has 0 aliphatic carbocycles. The Kier molecular flexibility index (Phi) is 7.50. The van der Waals surface area contributed by atoms with Crippen LogP contribution >= 0.6 is 11.8 Å². The fraction of sp³-hybridized carbons (Fsp3) is 0.219. The van der Waals surface area contributed by atoms with Crippen molar-refractivity contribution in [3.8, 4) is 34.5 Å². The van der Waals surface area contributed by atoms with Crippen molar-refractivity contribution in [1.29, 1.82) is 0 Å². The summed E-state index contributed by atoms with van der Waals surface area (Å²) in [5.74, 6) is -0.804. The zero-order valence-electron chi connectivity index (χ0n) is 22.7. The summed E-state index contributed by atoms with van der Waals surface area (Å²) in [5, 5.41) is 62.4. The van der Waals surface area contributed by atoms with Crippen LogP contribution in [0.15, 0.2) is 82.7 Å². The Labute approximate surface area is 241 Å². The van der Waals surface area contributed by atoms with Gasteiger partial charge in [0.15, 0.2) is 17.6 Å². The number of aliphatic hydroxyl groups excluding tert-OH is 1. The molecule has 6 N–H and O–H groups in total. The predicted molar refractivity (Wildman–Crippen MR) is 158 cm³/mol. The highest BCUT2D eigenvalue weighted by Gasteiger charge is 2.41. The Morgan fingerprint density at radius 3 is 2.32 bits per heavy atom. The molecule has 1 aliphatic heterocycles. The van der Waals surface area contributed by atoms with E-state index >= 15 is 0 Å². The van der Waals surface area contributed by atoms with Gasteiger partial charge in [-0.15, -0.1) is 11.8 Å². The number of fused-ring (bicyclic) bond motifs is 1. The number of hydrogen-bond acceptors (Lipinski definition) is 9. The largest absolute Gasteiger partial charge is 0.508 e. The minimum Gasteiger partial charge on any atom is -0.508 e. The van der Waals surface area contributed by atoms with E-state index in [0.717, 1.165) is 5.56 Å². The fourth-order valence-electron chi connectivity index (χ4n) is 4.84. The molecule has 0 fully saturated rings. The molecule has 5 rings (SSSR count). The number of aliphatic imine (C=N–C) groups is 1. The fourth-order valence-corrected chi connectivity index (χ4v) is 6.15. The number of aromatic hydroxyl groups is 5. The van der Waals surface area contributed by atoms with Gasteiger partial charge in [-0.3, -0.25) is 4.99 Å². The van der Waals surface area contributed by atoms with Crippen molar-refractivity contribution < 1.29 is 35.4 Å². The van der Waals surface area contributed by atoms with Gasteiger partial charge in [0.2, 0.25) is 0 Å². The lowest BCUT2D eigenvalue weighted by molar-refractivity contribution is 0.0174. The van der Waals surface area contributed by atoms with E-state index in [-0.39, 0.29) is 39.9 Å². The third-order valence-electron chi connectivity index (χ3n) is 6.93. The summed E-state index contributed by atoms with van der Waals surface area (Å²) in [7, 11) is 0. The topological polar surface area (TPSA) is 143 Å². The quantitative estimate of drug-likeness (QED) is 0.116. The molecule has 0 saturated heterocycles. The van der Waals surface area contributed by atoms with E-state index in [0.29, 0.717) is 27.3 Å². The van der Waals surface area contributed by atoms with Crippen molar-refractivity contribution in [2.24, 2.45) is 4.99 Å². The molecule has 4 aromatic rings. The first-order chi connectivity index (χ1) is 19.4. The summed E-state index contributed by atoms with van der Waals surface area (Å²) in [6.07, 6.45) is -0.604. The predicted octanol–water partition coefficient (Wildman–Crippen LogP) is 6.59. The van der Waals surface area contributed by atoms with Crippen LogP contribution in [0.4, 0.5) is 5.69 Å². The van der Waals surface area contributed by atoms with E-state index in [4.69, 9.17) is 4.74 Å². The highest BCUT2D eigenvalue weighted by molar-refractivity contribution is 7.99. The minimum atomic E-state index is -1.21. The number of phenols is 5. The second kappa shape index (κ2) is 10.9. The molecule has 8 nitrogen and oxygen atoms in total. The van der Waals surface area contributed by atoms with Gasteiger partial charge in [-0.25, -0.2) is 0 Å². The Hall–Kier alpha value is -4.34. The molecule has 1 heterocycles. The first kappa shape index (κ1) is 28.2. The maximum Gasteiger partial charge on any atom is 0.157 e. The maximum atomic E-state index is 11.6. The van der Waals surface area contributed by atoms with Crippen LogP contribution in [-0.2, 0) is 5.41 Å².